The van der Waals surface area contributed by atoms with Crippen molar-refractivity contribution in [2.24, 2.45) is 0 Å². The van der Waals surface area contributed by atoms with Crippen molar-refractivity contribution in [3.8, 4) is 0 Å². The van der Waals surface area contributed by atoms with Gasteiger partial charge in [-0.15, -0.1) is 0 Å². The van der Waals surface area contributed by atoms with Crippen molar-refractivity contribution in [2.75, 3.05) is 6.26 Å². The SMILES string of the molecule is C/C=C\C(C)S(C)(=O)=O. The van der Waals surface area contributed by atoms with Gasteiger partial charge in [0.2, 0.25) is 0 Å². The third kappa shape index (κ3) is 3.30. The molecule has 0 fully saturated rings. The Bertz CT molecular complexity index is 189. The molecule has 3 heteroatoms. The molecule has 0 bridgehead atoms. The van der Waals surface area contributed by atoms with Crippen LogP contribution in [0.1, 0.15) is 13.8 Å². The molecule has 0 N–H and O–H groups in total. The molecule has 0 saturated heterocycles. The van der Waals surface area contributed by atoms with Crippen molar-refractivity contribution < 1.29 is 8.42 Å². The Morgan fingerprint density at radius 2 is 1.89 bits per heavy atom. The van der Waals surface area contributed by atoms with Crippen LogP contribution in [-0.4, -0.2) is 19.9 Å². The maximum atomic E-state index is 10.7. The Morgan fingerprint density at radius 3 is 2.00 bits per heavy atom. The smallest absolute Gasteiger partial charge is 0.153 e. The molecule has 0 aromatic heterocycles. The van der Waals surface area contributed by atoms with E-state index < -0.39 is 9.84 Å². The van der Waals surface area contributed by atoms with E-state index in [-0.39, 0.29) is 5.25 Å². The number of hydrogen-bond donors (Lipinski definition) is 0. The van der Waals surface area contributed by atoms with Crippen molar-refractivity contribution in [1.82, 2.24) is 0 Å². The Morgan fingerprint density at radius 1 is 1.44 bits per heavy atom. The summed E-state index contributed by atoms with van der Waals surface area (Å²) in [6, 6.07) is 0. The van der Waals surface area contributed by atoms with Gasteiger partial charge in [-0.25, -0.2) is 8.42 Å². The van der Waals surface area contributed by atoms with E-state index in [1.165, 1.54) is 6.26 Å². The highest BCUT2D eigenvalue weighted by Gasteiger charge is 2.08. The quantitative estimate of drug-likeness (QED) is 0.547. The molecule has 1 unspecified atom stereocenters. The fourth-order valence-corrected chi connectivity index (χ4v) is 0.856. The lowest BCUT2D eigenvalue weighted by Crippen LogP contribution is -2.12. The van der Waals surface area contributed by atoms with Crippen molar-refractivity contribution in [1.29, 1.82) is 0 Å². The van der Waals surface area contributed by atoms with Crippen LogP contribution >= 0.6 is 0 Å². The van der Waals surface area contributed by atoms with Crippen LogP contribution in [0.4, 0.5) is 0 Å². The zero-order valence-electron chi connectivity index (χ0n) is 5.96. The van der Waals surface area contributed by atoms with Crippen molar-refractivity contribution in [3.63, 3.8) is 0 Å². The molecule has 0 aliphatic carbocycles. The van der Waals surface area contributed by atoms with E-state index in [2.05, 4.69) is 0 Å². The first-order valence-electron chi connectivity index (χ1n) is 2.80. The molecule has 0 radical (unpaired) electrons. The van der Waals surface area contributed by atoms with Crippen LogP contribution < -0.4 is 0 Å². The van der Waals surface area contributed by atoms with Gasteiger partial charge in [0.25, 0.3) is 0 Å². The van der Waals surface area contributed by atoms with Gasteiger partial charge in [-0.05, 0) is 13.8 Å². The number of sulfone groups is 1. The summed E-state index contributed by atoms with van der Waals surface area (Å²) in [6.45, 7) is 3.47. The van der Waals surface area contributed by atoms with E-state index in [0.717, 1.165) is 0 Å². The summed E-state index contributed by atoms with van der Waals surface area (Å²) in [4.78, 5) is 0. The first kappa shape index (κ1) is 8.69. The topological polar surface area (TPSA) is 34.1 Å². The lowest BCUT2D eigenvalue weighted by atomic mass is 10.4. The van der Waals surface area contributed by atoms with Crippen LogP contribution in [0.25, 0.3) is 0 Å². The van der Waals surface area contributed by atoms with E-state index in [1.54, 1.807) is 19.1 Å². The van der Waals surface area contributed by atoms with Crippen molar-refractivity contribution in [2.45, 2.75) is 19.1 Å². The highest BCUT2D eigenvalue weighted by molar-refractivity contribution is 7.91. The molecule has 0 aromatic rings. The molecule has 0 heterocycles. The van der Waals surface area contributed by atoms with Crippen LogP contribution in [0.3, 0.4) is 0 Å². The molecule has 0 aliphatic rings. The monoisotopic (exact) mass is 148 g/mol. The van der Waals surface area contributed by atoms with Gasteiger partial charge in [-0.1, -0.05) is 12.2 Å². The van der Waals surface area contributed by atoms with Crippen LogP contribution in [0, 0.1) is 0 Å². The third-order valence-electron chi connectivity index (χ3n) is 1.14. The van der Waals surface area contributed by atoms with Crippen LogP contribution in [0.15, 0.2) is 12.2 Å². The Hall–Kier alpha value is -0.310. The summed E-state index contributed by atoms with van der Waals surface area (Å²) in [7, 11) is -2.85. The second-order valence-corrected chi connectivity index (χ2v) is 4.46. The second-order valence-electron chi connectivity index (χ2n) is 2.06. The van der Waals surface area contributed by atoms with E-state index in [9.17, 15) is 8.42 Å². The van der Waals surface area contributed by atoms with Crippen LogP contribution in [0.5, 0.6) is 0 Å². The summed E-state index contributed by atoms with van der Waals surface area (Å²) >= 11 is 0. The minimum absolute atomic E-state index is 0.345. The van der Waals surface area contributed by atoms with E-state index >= 15 is 0 Å². The van der Waals surface area contributed by atoms with E-state index in [4.69, 9.17) is 0 Å². The highest BCUT2D eigenvalue weighted by atomic mass is 32.2. The summed E-state index contributed by atoms with van der Waals surface area (Å²) in [5.74, 6) is 0. The lowest BCUT2D eigenvalue weighted by Gasteiger charge is -1.99. The van der Waals surface area contributed by atoms with Gasteiger partial charge in [-0.3, -0.25) is 0 Å². The summed E-state index contributed by atoms with van der Waals surface area (Å²) in [6.07, 6.45) is 4.64. The van der Waals surface area contributed by atoms with Crippen molar-refractivity contribution >= 4 is 9.84 Å². The zero-order valence-corrected chi connectivity index (χ0v) is 6.77. The molecule has 0 spiro atoms. The molecule has 0 aliphatic heterocycles. The van der Waals surface area contributed by atoms with Gasteiger partial charge in [0, 0.05) is 6.26 Å². The van der Waals surface area contributed by atoms with Crippen molar-refractivity contribution in [3.05, 3.63) is 12.2 Å². The van der Waals surface area contributed by atoms with Gasteiger partial charge in [-0.2, -0.15) is 0 Å². The van der Waals surface area contributed by atoms with Gasteiger partial charge in [0.1, 0.15) is 0 Å². The summed E-state index contributed by atoms with van der Waals surface area (Å²) in [5.41, 5.74) is 0. The third-order valence-corrected chi connectivity index (χ3v) is 2.65. The average molecular weight is 148 g/mol. The molecular weight excluding hydrogens is 136 g/mol. The minimum Gasteiger partial charge on any atom is -0.229 e. The van der Waals surface area contributed by atoms with Gasteiger partial charge >= 0.3 is 0 Å². The molecule has 0 amide bonds. The van der Waals surface area contributed by atoms with E-state index in [1.807, 2.05) is 6.92 Å². The first-order chi connectivity index (χ1) is 3.98. The molecule has 54 valence electrons. The fourth-order valence-electron chi connectivity index (χ4n) is 0.414. The molecule has 0 rings (SSSR count). The predicted molar refractivity (Wildman–Crippen MR) is 39.1 cm³/mol. The molecule has 0 aromatic carbocycles. The Kier molecular flexibility index (Phi) is 2.91. The number of hydrogen-bond acceptors (Lipinski definition) is 2. The van der Waals surface area contributed by atoms with Gasteiger partial charge in [0.05, 0.1) is 5.25 Å². The van der Waals surface area contributed by atoms with Crippen LogP contribution in [-0.2, 0) is 9.84 Å². The number of allylic oxidation sites excluding steroid dienone is 1. The molecule has 9 heavy (non-hydrogen) atoms. The summed E-state index contributed by atoms with van der Waals surface area (Å²) < 4.78 is 21.3. The van der Waals surface area contributed by atoms with Crippen LogP contribution in [0.2, 0.25) is 0 Å². The standard InChI is InChI=1S/C6H12O2S/c1-4-5-6(2)9(3,7)8/h4-6H,1-3H3/b5-4-. The zero-order chi connectivity index (χ0) is 7.49. The predicted octanol–water partition coefficient (Wildman–Crippen LogP) is 0.996. The van der Waals surface area contributed by atoms with Gasteiger partial charge in [0.15, 0.2) is 9.84 Å². The number of rotatable bonds is 2. The molecule has 2 nitrogen and oxygen atoms in total. The first-order valence-corrected chi connectivity index (χ1v) is 4.75. The Labute approximate surface area is 56.5 Å². The molecule has 1 atom stereocenters. The molecular formula is C6H12O2S. The molecule has 0 saturated carbocycles. The average Bonchev–Trinajstić information content (AvgIpc) is 1.64. The maximum Gasteiger partial charge on any atom is 0.153 e. The van der Waals surface area contributed by atoms with Gasteiger partial charge < -0.3 is 0 Å². The lowest BCUT2D eigenvalue weighted by molar-refractivity contribution is 0.597. The fraction of sp³-hybridized carbons (Fsp3) is 0.667. The Balaban J connectivity index is 4.24. The summed E-state index contributed by atoms with van der Waals surface area (Å²) in [5, 5.41) is -0.345. The largest absolute Gasteiger partial charge is 0.229 e. The highest BCUT2D eigenvalue weighted by Crippen LogP contribution is 1.98. The maximum absolute atomic E-state index is 10.7. The second kappa shape index (κ2) is 3.01. The normalized spacial score (nSPS) is 16.3. The minimum atomic E-state index is -2.85. The van der Waals surface area contributed by atoms with E-state index in [0.29, 0.717) is 0 Å².